The van der Waals surface area contributed by atoms with E-state index < -0.39 is 11.9 Å². The Morgan fingerprint density at radius 1 is 1.46 bits per heavy atom. The highest BCUT2D eigenvalue weighted by Gasteiger charge is 2.37. The summed E-state index contributed by atoms with van der Waals surface area (Å²) in [5.41, 5.74) is -0.773. The maximum absolute atomic E-state index is 13.0. The number of aliphatic imine (C=N–C) groups is 1. The topological polar surface area (TPSA) is 45.5 Å². The SMILES string of the molecule is CCNC(=NCc1cn(C)nc1C(F)(F)F)N1CCSC(C)(C)C1. The zero-order valence-corrected chi connectivity index (χ0v) is 15.3. The first kappa shape index (κ1) is 19.0. The van der Waals surface area contributed by atoms with Crippen LogP contribution in [-0.2, 0) is 19.8 Å². The molecule has 0 saturated carbocycles. The molecule has 0 aliphatic carbocycles. The van der Waals surface area contributed by atoms with Crippen molar-refractivity contribution in [3.8, 4) is 0 Å². The Morgan fingerprint density at radius 3 is 2.75 bits per heavy atom. The van der Waals surface area contributed by atoms with Crippen molar-refractivity contribution >= 4 is 17.7 Å². The minimum absolute atomic E-state index is 0.0465. The molecule has 0 aromatic carbocycles. The molecule has 1 aliphatic heterocycles. The number of thioether (sulfide) groups is 1. The summed E-state index contributed by atoms with van der Waals surface area (Å²) in [5, 5.41) is 6.71. The summed E-state index contributed by atoms with van der Waals surface area (Å²) in [4.78, 5) is 6.54. The molecule has 9 heteroatoms. The van der Waals surface area contributed by atoms with Crippen molar-refractivity contribution in [2.45, 2.75) is 38.2 Å². The van der Waals surface area contributed by atoms with E-state index in [1.807, 2.05) is 18.7 Å². The van der Waals surface area contributed by atoms with Crippen LogP contribution in [0.25, 0.3) is 0 Å². The molecule has 1 saturated heterocycles. The van der Waals surface area contributed by atoms with Crippen molar-refractivity contribution in [1.29, 1.82) is 0 Å². The molecule has 1 N–H and O–H groups in total. The Kier molecular flexibility index (Phi) is 5.72. The monoisotopic (exact) mass is 363 g/mol. The van der Waals surface area contributed by atoms with Gasteiger partial charge in [0.15, 0.2) is 11.7 Å². The van der Waals surface area contributed by atoms with E-state index in [1.54, 1.807) is 0 Å². The van der Waals surface area contributed by atoms with Gasteiger partial charge in [-0.1, -0.05) is 0 Å². The average molecular weight is 363 g/mol. The summed E-state index contributed by atoms with van der Waals surface area (Å²) in [6.07, 6.45) is -3.08. The van der Waals surface area contributed by atoms with Gasteiger partial charge in [-0.05, 0) is 20.8 Å². The van der Waals surface area contributed by atoms with Gasteiger partial charge in [-0.25, -0.2) is 4.99 Å². The van der Waals surface area contributed by atoms with Gasteiger partial charge in [0.05, 0.1) is 6.54 Å². The summed E-state index contributed by atoms with van der Waals surface area (Å²) in [6, 6.07) is 0. The van der Waals surface area contributed by atoms with Crippen molar-refractivity contribution in [2.75, 3.05) is 25.4 Å². The summed E-state index contributed by atoms with van der Waals surface area (Å²) >= 11 is 1.90. The van der Waals surface area contributed by atoms with Crippen LogP contribution >= 0.6 is 11.8 Å². The first-order valence-electron chi connectivity index (χ1n) is 7.89. The van der Waals surface area contributed by atoms with Crippen molar-refractivity contribution in [3.05, 3.63) is 17.5 Å². The van der Waals surface area contributed by atoms with Crippen LogP contribution in [0, 0.1) is 0 Å². The van der Waals surface area contributed by atoms with Crippen LogP contribution in [0.1, 0.15) is 32.0 Å². The number of alkyl halides is 3. The normalized spacial score (nSPS) is 18.8. The Labute approximate surface area is 144 Å². The largest absolute Gasteiger partial charge is 0.435 e. The van der Waals surface area contributed by atoms with Gasteiger partial charge in [0.25, 0.3) is 0 Å². The van der Waals surface area contributed by atoms with Crippen LogP contribution in [0.5, 0.6) is 0 Å². The lowest BCUT2D eigenvalue weighted by Crippen LogP contribution is -2.50. The van der Waals surface area contributed by atoms with Gasteiger partial charge in [-0.3, -0.25) is 4.68 Å². The predicted molar refractivity (Wildman–Crippen MR) is 91.1 cm³/mol. The van der Waals surface area contributed by atoms with Crippen LogP contribution in [0.15, 0.2) is 11.2 Å². The molecule has 1 aliphatic rings. The summed E-state index contributed by atoms with van der Waals surface area (Å²) in [6.45, 7) is 8.54. The molecule has 1 fully saturated rings. The molecule has 0 amide bonds. The third kappa shape index (κ3) is 4.81. The molecule has 5 nitrogen and oxygen atoms in total. The molecule has 0 atom stereocenters. The molecule has 0 spiro atoms. The van der Waals surface area contributed by atoms with Crippen molar-refractivity contribution in [3.63, 3.8) is 0 Å². The molecule has 0 bridgehead atoms. The smallest absolute Gasteiger partial charge is 0.357 e. The van der Waals surface area contributed by atoms with Crippen molar-refractivity contribution < 1.29 is 13.2 Å². The Bertz CT molecular complexity index is 594. The molecule has 136 valence electrons. The van der Waals surface area contributed by atoms with E-state index in [4.69, 9.17) is 0 Å². The molecule has 2 rings (SSSR count). The molecule has 24 heavy (non-hydrogen) atoms. The number of nitrogens with zero attached hydrogens (tertiary/aromatic N) is 4. The minimum Gasteiger partial charge on any atom is -0.357 e. The van der Waals surface area contributed by atoms with E-state index in [1.165, 1.54) is 17.9 Å². The second kappa shape index (κ2) is 7.25. The lowest BCUT2D eigenvalue weighted by molar-refractivity contribution is -0.142. The number of halogens is 3. The van der Waals surface area contributed by atoms with E-state index in [2.05, 4.69) is 34.2 Å². The fourth-order valence-corrected chi connectivity index (χ4v) is 3.79. The van der Waals surface area contributed by atoms with E-state index in [-0.39, 0.29) is 16.9 Å². The number of hydrogen-bond donors (Lipinski definition) is 1. The lowest BCUT2D eigenvalue weighted by Gasteiger charge is -2.39. The Balaban J connectivity index is 2.20. The van der Waals surface area contributed by atoms with Gasteiger partial charge >= 0.3 is 6.18 Å². The molecule has 0 radical (unpaired) electrons. The standard InChI is InChI=1S/C15H24F3N5S/c1-5-19-13(23-6-7-24-14(2,3)10-23)20-8-11-9-22(4)21-12(11)15(16,17)18/h9H,5-8,10H2,1-4H3,(H,19,20). The van der Waals surface area contributed by atoms with Gasteiger partial charge in [0, 0.05) is 48.9 Å². The third-order valence-electron chi connectivity index (χ3n) is 3.63. The van der Waals surface area contributed by atoms with Crippen LogP contribution < -0.4 is 5.32 Å². The van der Waals surface area contributed by atoms with E-state index in [0.717, 1.165) is 18.8 Å². The first-order chi connectivity index (χ1) is 11.1. The minimum atomic E-state index is -4.46. The Hall–Kier alpha value is -1.38. The second-order valence-corrected chi connectivity index (χ2v) is 8.18. The molecule has 1 aromatic heterocycles. The number of aryl methyl sites for hydroxylation is 1. The molecule has 0 unspecified atom stereocenters. The van der Waals surface area contributed by atoms with Gasteiger partial charge in [0.1, 0.15) is 0 Å². The molecule has 2 heterocycles. The second-order valence-electron chi connectivity index (χ2n) is 6.37. The summed E-state index contributed by atoms with van der Waals surface area (Å²) in [7, 11) is 1.48. The fraction of sp³-hybridized carbons (Fsp3) is 0.733. The van der Waals surface area contributed by atoms with Crippen LogP contribution in [0.2, 0.25) is 0 Å². The van der Waals surface area contributed by atoms with Gasteiger partial charge in [-0.15, -0.1) is 0 Å². The van der Waals surface area contributed by atoms with Crippen LogP contribution in [0.4, 0.5) is 13.2 Å². The first-order valence-corrected chi connectivity index (χ1v) is 8.88. The number of guanidine groups is 1. The predicted octanol–water partition coefficient (Wildman–Crippen LogP) is 2.73. The zero-order valence-electron chi connectivity index (χ0n) is 14.4. The maximum atomic E-state index is 13.0. The lowest BCUT2D eigenvalue weighted by atomic mass is 10.2. The fourth-order valence-electron chi connectivity index (χ4n) is 2.68. The molecular weight excluding hydrogens is 339 g/mol. The summed E-state index contributed by atoms with van der Waals surface area (Å²) < 4.78 is 40.4. The highest BCUT2D eigenvalue weighted by Crippen LogP contribution is 2.31. The van der Waals surface area contributed by atoms with E-state index in [9.17, 15) is 13.2 Å². The van der Waals surface area contributed by atoms with Gasteiger partial charge < -0.3 is 10.2 Å². The van der Waals surface area contributed by atoms with E-state index in [0.29, 0.717) is 12.5 Å². The molecule has 1 aromatic rings. The zero-order chi connectivity index (χ0) is 18.0. The van der Waals surface area contributed by atoms with Gasteiger partial charge in [-0.2, -0.15) is 30.0 Å². The number of aromatic nitrogens is 2. The number of nitrogens with one attached hydrogen (secondary N) is 1. The van der Waals surface area contributed by atoms with Gasteiger partial charge in [0.2, 0.25) is 0 Å². The van der Waals surface area contributed by atoms with Crippen LogP contribution in [-0.4, -0.2) is 50.8 Å². The number of rotatable bonds is 3. The highest BCUT2D eigenvalue weighted by molar-refractivity contribution is 8.00. The van der Waals surface area contributed by atoms with Crippen molar-refractivity contribution in [2.24, 2.45) is 12.0 Å². The van der Waals surface area contributed by atoms with Crippen LogP contribution in [0.3, 0.4) is 0 Å². The molecular formula is C15H24F3N5S. The highest BCUT2D eigenvalue weighted by atomic mass is 32.2. The van der Waals surface area contributed by atoms with Crippen molar-refractivity contribution in [1.82, 2.24) is 20.0 Å². The number of hydrogen-bond acceptors (Lipinski definition) is 3. The third-order valence-corrected chi connectivity index (χ3v) is 4.93. The van der Waals surface area contributed by atoms with E-state index >= 15 is 0 Å². The Morgan fingerprint density at radius 2 is 2.17 bits per heavy atom. The summed E-state index contributed by atoms with van der Waals surface area (Å²) in [5.74, 6) is 1.63. The quantitative estimate of drug-likeness (QED) is 0.663. The average Bonchev–Trinajstić information content (AvgIpc) is 2.83. The maximum Gasteiger partial charge on any atom is 0.435 e.